The summed E-state index contributed by atoms with van der Waals surface area (Å²) in [5.41, 5.74) is 4.91. The molecule has 0 N–H and O–H groups in total. The molecule has 4 aromatic rings. The molecule has 6 rings (SSSR count). The van der Waals surface area contributed by atoms with Crippen molar-refractivity contribution in [2.45, 2.75) is 50.5 Å². The highest BCUT2D eigenvalue weighted by molar-refractivity contribution is 6.31. The van der Waals surface area contributed by atoms with Crippen molar-refractivity contribution in [1.82, 2.24) is 0 Å². The molecule has 4 aromatic carbocycles. The van der Waals surface area contributed by atoms with Crippen LogP contribution in [-0.2, 0) is 38.6 Å². The average molecular weight is 571 g/mol. The lowest BCUT2D eigenvalue weighted by molar-refractivity contribution is -0.215. The van der Waals surface area contributed by atoms with Crippen molar-refractivity contribution in [3.05, 3.63) is 136 Å². The highest BCUT2D eigenvalue weighted by Crippen LogP contribution is 2.46. The van der Waals surface area contributed by atoms with Crippen molar-refractivity contribution in [3.63, 3.8) is 0 Å². The molecule has 2 aliphatic heterocycles. The average Bonchev–Trinajstić information content (AvgIpc) is 3.79. The largest absolute Gasteiger partial charge is 0.494 e. The second kappa shape index (κ2) is 12.8. The van der Waals surface area contributed by atoms with Gasteiger partial charge in [-0.2, -0.15) is 0 Å². The Morgan fingerprint density at radius 1 is 0.780 bits per heavy atom. The van der Waals surface area contributed by atoms with E-state index in [-0.39, 0.29) is 18.3 Å². The van der Waals surface area contributed by atoms with Gasteiger partial charge in [0.2, 0.25) is 0 Å². The molecule has 2 saturated heterocycles. The van der Waals surface area contributed by atoms with Crippen molar-refractivity contribution in [3.8, 4) is 5.75 Å². The molecule has 41 heavy (non-hydrogen) atoms. The molecule has 2 aliphatic rings. The van der Waals surface area contributed by atoms with E-state index < -0.39 is 5.60 Å². The Morgan fingerprint density at radius 2 is 1.44 bits per heavy atom. The molecular formula is C35H35ClO5. The fourth-order valence-corrected chi connectivity index (χ4v) is 5.62. The van der Waals surface area contributed by atoms with Gasteiger partial charge in [0.15, 0.2) is 0 Å². The molecule has 212 valence electrons. The first-order valence-corrected chi connectivity index (χ1v) is 14.6. The fraction of sp³-hybridized carbons (Fsp3) is 0.314. The maximum atomic E-state index is 6.70. The topological polar surface area (TPSA) is 49.5 Å². The highest BCUT2D eigenvalue weighted by Gasteiger charge is 2.61. The van der Waals surface area contributed by atoms with Crippen LogP contribution in [0.4, 0.5) is 0 Å². The maximum absolute atomic E-state index is 6.70. The van der Waals surface area contributed by atoms with Gasteiger partial charge in [-0.1, -0.05) is 96.5 Å². The van der Waals surface area contributed by atoms with Crippen LogP contribution >= 0.6 is 11.6 Å². The van der Waals surface area contributed by atoms with E-state index in [1.54, 1.807) is 0 Å². The zero-order chi connectivity index (χ0) is 28.1. The van der Waals surface area contributed by atoms with Gasteiger partial charge < -0.3 is 23.7 Å². The Bertz CT molecular complexity index is 1410. The zero-order valence-electron chi connectivity index (χ0n) is 23.2. The normalized spacial score (nSPS) is 23.4. The van der Waals surface area contributed by atoms with Crippen LogP contribution in [0.1, 0.15) is 40.8 Å². The SMILES string of the molecule is CCOc1ccc(Cc2cc(C3OCC4(CO4)C(OCc4ccccc4)C3OCc3ccccc3)ccc2Cl)cc1. The Labute approximate surface area is 246 Å². The van der Waals surface area contributed by atoms with Crippen LogP contribution < -0.4 is 4.74 Å². The summed E-state index contributed by atoms with van der Waals surface area (Å²) in [6, 6.07) is 34.7. The van der Waals surface area contributed by atoms with Gasteiger partial charge in [-0.05, 0) is 59.4 Å². The fourth-order valence-electron chi connectivity index (χ4n) is 5.44. The predicted molar refractivity (Wildman–Crippen MR) is 159 cm³/mol. The molecular weight excluding hydrogens is 536 g/mol. The number of epoxide rings is 1. The van der Waals surface area contributed by atoms with Crippen LogP contribution in [0.2, 0.25) is 5.02 Å². The number of benzene rings is 4. The monoisotopic (exact) mass is 570 g/mol. The first-order chi connectivity index (χ1) is 20.1. The lowest BCUT2D eigenvalue weighted by Crippen LogP contribution is -2.54. The molecule has 6 heteroatoms. The summed E-state index contributed by atoms with van der Waals surface area (Å²) in [5.74, 6) is 0.864. The minimum atomic E-state index is -0.496. The molecule has 0 amide bonds. The zero-order valence-corrected chi connectivity index (χ0v) is 24.0. The van der Waals surface area contributed by atoms with E-state index in [0.717, 1.165) is 38.6 Å². The predicted octanol–water partition coefficient (Wildman–Crippen LogP) is 7.34. The summed E-state index contributed by atoms with van der Waals surface area (Å²) in [5, 5.41) is 0.721. The minimum Gasteiger partial charge on any atom is -0.494 e. The van der Waals surface area contributed by atoms with Crippen molar-refractivity contribution in [2.75, 3.05) is 19.8 Å². The molecule has 2 fully saturated rings. The Hall–Kier alpha value is -3.19. The van der Waals surface area contributed by atoms with E-state index in [4.69, 9.17) is 35.3 Å². The van der Waals surface area contributed by atoms with Crippen LogP contribution in [0.15, 0.2) is 103 Å². The molecule has 0 aliphatic carbocycles. The molecule has 2 heterocycles. The highest BCUT2D eigenvalue weighted by atomic mass is 35.5. The van der Waals surface area contributed by atoms with Crippen molar-refractivity contribution in [2.24, 2.45) is 0 Å². The third-order valence-electron chi connectivity index (χ3n) is 7.72. The second-order valence-electron chi connectivity index (χ2n) is 10.7. The van der Waals surface area contributed by atoms with Crippen LogP contribution in [0.25, 0.3) is 0 Å². The van der Waals surface area contributed by atoms with Crippen LogP contribution in [-0.4, -0.2) is 37.6 Å². The molecule has 1 spiro atoms. The van der Waals surface area contributed by atoms with Gasteiger partial charge in [-0.15, -0.1) is 0 Å². The van der Waals surface area contributed by atoms with Gasteiger partial charge in [-0.3, -0.25) is 0 Å². The smallest absolute Gasteiger partial charge is 0.143 e. The van der Waals surface area contributed by atoms with Crippen molar-refractivity contribution in [1.29, 1.82) is 0 Å². The van der Waals surface area contributed by atoms with E-state index in [2.05, 4.69) is 42.5 Å². The molecule has 0 radical (unpaired) electrons. The quantitative estimate of drug-likeness (QED) is 0.177. The number of hydrogen-bond donors (Lipinski definition) is 0. The maximum Gasteiger partial charge on any atom is 0.143 e. The Morgan fingerprint density at radius 3 is 2.07 bits per heavy atom. The van der Waals surface area contributed by atoms with E-state index in [0.29, 0.717) is 39.5 Å². The van der Waals surface area contributed by atoms with E-state index >= 15 is 0 Å². The van der Waals surface area contributed by atoms with Crippen LogP contribution in [0, 0.1) is 0 Å². The first-order valence-electron chi connectivity index (χ1n) is 14.2. The summed E-state index contributed by atoms with van der Waals surface area (Å²) < 4.78 is 31.4. The lowest BCUT2D eigenvalue weighted by Gasteiger charge is -2.41. The summed E-state index contributed by atoms with van der Waals surface area (Å²) in [7, 11) is 0. The third kappa shape index (κ3) is 6.66. The lowest BCUT2D eigenvalue weighted by atomic mass is 9.88. The minimum absolute atomic E-state index is 0.296. The molecule has 0 saturated carbocycles. The molecule has 5 nitrogen and oxygen atoms in total. The van der Waals surface area contributed by atoms with E-state index in [1.165, 1.54) is 0 Å². The number of rotatable bonds is 11. The molecule has 0 aromatic heterocycles. The Balaban J connectivity index is 1.27. The summed E-state index contributed by atoms with van der Waals surface area (Å²) in [4.78, 5) is 0. The van der Waals surface area contributed by atoms with E-state index in [9.17, 15) is 0 Å². The van der Waals surface area contributed by atoms with Crippen molar-refractivity contribution < 1.29 is 23.7 Å². The van der Waals surface area contributed by atoms with Gasteiger partial charge in [0.1, 0.15) is 29.7 Å². The second-order valence-corrected chi connectivity index (χ2v) is 11.1. The van der Waals surface area contributed by atoms with E-state index in [1.807, 2.05) is 67.6 Å². The van der Waals surface area contributed by atoms with Crippen LogP contribution in [0.5, 0.6) is 5.75 Å². The summed E-state index contributed by atoms with van der Waals surface area (Å²) >= 11 is 6.70. The molecule has 4 unspecified atom stereocenters. The van der Waals surface area contributed by atoms with Crippen molar-refractivity contribution >= 4 is 11.6 Å². The van der Waals surface area contributed by atoms with Gasteiger partial charge in [0.25, 0.3) is 0 Å². The first kappa shape index (κ1) is 28.0. The summed E-state index contributed by atoms with van der Waals surface area (Å²) in [6.07, 6.45) is -0.321. The number of hydrogen-bond acceptors (Lipinski definition) is 5. The van der Waals surface area contributed by atoms with Gasteiger partial charge in [0, 0.05) is 5.02 Å². The van der Waals surface area contributed by atoms with Gasteiger partial charge in [0.05, 0.1) is 33.0 Å². The number of ether oxygens (including phenoxy) is 5. The van der Waals surface area contributed by atoms with Gasteiger partial charge in [-0.25, -0.2) is 0 Å². The van der Waals surface area contributed by atoms with Gasteiger partial charge >= 0.3 is 0 Å². The third-order valence-corrected chi connectivity index (χ3v) is 8.09. The van der Waals surface area contributed by atoms with Crippen LogP contribution in [0.3, 0.4) is 0 Å². The number of halogens is 1. The molecule has 4 atom stereocenters. The Kier molecular flexibility index (Phi) is 8.70. The standard InChI is InChI=1S/C35H35ClO5/c1-2-37-30-16-13-25(14-17-30)19-29-20-28(15-18-31(29)36)32-33(38-21-26-9-5-3-6-10-26)34(35(23-40-32)24-41-35)39-22-27-11-7-4-8-12-27/h3-18,20,32-34H,2,19,21-24H2,1H3. The molecule has 0 bridgehead atoms. The summed E-state index contributed by atoms with van der Waals surface area (Å²) in [6.45, 7) is 4.58.